The number of anilines is 1. The van der Waals surface area contributed by atoms with Gasteiger partial charge < -0.3 is 4.74 Å². The van der Waals surface area contributed by atoms with E-state index >= 15 is 0 Å². The van der Waals surface area contributed by atoms with Crippen LogP contribution in [0, 0.1) is 0 Å². The van der Waals surface area contributed by atoms with Crippen LogP contribution in [-0.4, -0.2) is 21.1 Å². The molecular formula is C9H10BrClN2O4S. The summed E-state index contributed by atoms with van der Waals surface area (Å²) < 4.78 is 31.9. The average molecular weight is 358 g/mol. The smallest absolute Gasteiger partial charge is 0.422 e. The van der Waals surface area contributed by atoms with Gasteiger partial charge in [0.1, 0.15) is 0 Å². The van der Waals surface area contributed by atoms with Gasteiger partial charge in [0.25, 0.3) is 0 Å². The first-order valence-corrected chi connectivity index (χ1v) is 7.42. The Morgan fingerprint density at radius 1 is 1.50 bits per heavy atom. The van der Waals surface area contributed by atoms with Gasteiger partial charge in [0.15, 0.2) is 0 Å². The predicted molar refractivity (Wildman–Crippen MR) is 71.9 cm³/mol. The summed E-state index contributed by atoms with van der Waals surface area (Å²) in [6.07, 6.45) is -1.05. The number of carbonyl (C=O) groups excluding carboxylic acids is 1. The van der Waals surface area contributed by atoms with Crippen molar-refractivity contribution in [2.24, 2.45) is 0 Å². The summed E-state index contributed by atoms with van der Waals surface area (Å²) in [6.45, 7) is 1.64. The lowest BCUT2D eigenvalue weighted by Gasteiger charge is -2.10. The highest BCUT2D eigenvalue weighted by Crippen LogP contribution is 2.26. The first-order valence-electron chi connectivity index (χ1n) is 4.76. The molecule has 1 aromatic carbocycles. The van der Waals surface area contributed by atoms with E-state index in [2.05, 4.69) is 25.4 Å². The van der Waals surface area contributed by atoms with Crippen molar-refractivity contribution in [1.82, 2.24) is 4.72 Å². The zero-order valence-corrected chi connectivity index (χ0v) is 12.4. The standard InChI is InChI=1S/C9H10BrClN2O4S/c1-2-17-9(14)13-18(15,16)12-8-4-3-6(11)5-7(8)10/h3-5,12H,2H2,1H3,(H,13,14). The molecule has 0 saturated carbocycles. The molecule has 1 rings (SSSR count). The van der Waals surface area contributed by atoms with Gasteiger partial charge in [-0.05, 0) is 41.1 Å². The van der Waals surface area contributed by atoms with Crippen LogP contribution in [0.2, 0.25) is 5.02 Å². The van der Waals surface area contributed by atoms with Crippen molar-refractivity contribution in [3.63, 3.8) is 0 Å². The molecule has 9 heteroatoms. The third-order valence-electron chi connectivity index (χ3n) is 1.67. The van der Waals surface area contributed by atoms with Crippen molar-refractivity contribution in [2.75, 3.05) is 11.3 Å². The number of hydrogen-bond acceptors (Lipinski definition) is 4. The number of rotatable bonds is 4. The van der Waals surface area contributed by atoms with Crippen LogP contribution in [0.25, 0.3) is 0 Å². The van der Waals surface area contributed by atoms with Crippen LogP contribution in [0.4, 0.5) is 10.5 Å². The highest BCUT2D eigenvalue weighted by atomic mass is 79.9. The lowest BCUT2D eigenvalue weighted by molar-refractivity contribution is 0.159. The van der Waals surface area contributed by atoms with Crippen LogP contribution in [-0.2, 0) is 14.9 Å². The predicted octanol–water partition coefficient (Wildman–Crippen LogP) is 2.51. The van der Waals surface area contributed by atoms with E-state index in [0.717, 1.165) is 0 Å². The van der Waals surface area contributed by atoms with Gasteiger partial charge in [0.2, 0.25) is 0 Å². The molecule has 1 aromatic rings. The van der Waals surface area contributed by atoms with Crippen LogP contribution in [0.3, 0.4) is 0 Å². The van der Waals surface area contributed by atoms with E-state index in [1.807, 2.05) is 0 Å². The molecular weight excluding hydrogens is 348 g/mol. The van der Waals surface area contributed by atoms with Crippen molar-refractivity contribution in [3.8, 4) is 0 Å². The number of amides is 1. The molecule has 0 heterocycles. The maximum absolute atomic E-state index is 11.5. The molecule has 6 nitrogen and oxygen atoms in total. The Hall–Kier alpha value is -0.990. The third-order valence-corrected chi connectivity index (χ3v) is 3.48. The highest BCUT2D eigenvalue weighted by Gasteiger charge is 2.16. The minimum Gasteiger partial charge on any atom is -0.449 e. The summed E-state index contributed by atoms with van der Waals surface area (Å²) in [5.41, 5.74) is 0.246. The maximum Gasteiger partial charge on any atom is 0.422 e. The Balaban J connectivity index is 2.79. The number of halogens is 2. The molecule has 0 bridgehead atoms. The summed E-state index contributed by atoms with van der Waals surface area (Å²) in [6, 6.07) is 4.48. The van der Waals surface area contributed by atoms with E-state index in [1.54, 1.807) is 11.6 Å². The first-order chi connectivity index (χ1) is 8.34. The molecule has 0 unspecified atom stereocenters. The average Bonchev–Trinajstić information content (AvgIpc) is 2.21. The van der Waals surface area contributed by atoms with Crippen LogP contribution in [0.5, 0.6) is 0 Å². The number of hydrogen-bond donors (Lipinski definition) is 2. The van der Waals surface area contributed by atoms with Crippen molar-refractivity contribution in [1.29, 1.82) is 0 Å². The molecule has 0 aliphatic heterocycles. The Morgan fingerprint density at radius 2 is 2.17 bits per heavy atom. The Bertz CT molecular complexity index is 549. The summed E-state index contributed by atoms with van der Waals surface area (Å²) in [5.74, 6) is 0. The van der Waals surface area contributed by atoms with Crippen LogP contribution in [0.1, 0.15) is 6.92 Å². The molecule has 0 radical (unpaired) electrons. The minimum atomic E-state index is -4.04. The number of benzene rings is 1. The van der Waals surface area contributed by atoms with Gasteiger partial charge in [-0.25, -0.2) is 9.52 Å². The second kappa shape index (κ2) is 6.26. The van der Waals surface area contributed by atoms with Gasteiger partial charge >= 0.3 is 16.3 Å². The lowest BCUT2D eigenvalue weighted by atomic mass is 10.3. The molecule has 0 saturated heterocycles. The monoisotopic (exact) mass is 356 g/mol. The first kappa shape index (κ1) is 15.1. The van der Waals surface area contributed by atoms with Crippen LogP contribution < -0.4 is 9.44 Å². The molecule has 0 aliphatic carbocycles. The molecule has 100 valence electrons. The van der Waals surface area contributed by atoms with E-state index in [0.29, 0.717) is 9.50 Å². The summed E-state index contributed by atoms with van der Waals surface area (Å²) in [5, 5.41) is 0.447. The van der Waals surface area contributed by atoms with Gasteiger partial charge in [0, 0.05) is 9.50 Å². The molecule has 0 fully saturated rings. The van der Waals surface area contributed by atoms with Crippen molar-refractivity contribution in [2.45, 2.75) is 6.92 Å². The molecule has 0 aliphatic rings. The Kier molecular flexibility index (Phi) is 5.24. The molecule has 0 aromatic heterocycles. The van der Waals surface area contributed by atoms with Crippen molar-refractivity contribution in [3.05, 3.63) is 27.7 Å². The second-order valence-electron chi connectivity index (χ2n) is 3.05. The second-order valence-corrected chi connectivity index (χ2v) is 5.76. The van der Waals surface area contributed by atoms with E-state index in [1.165, 1.54) is 18.2 Å². The number of ether oxygens (including phenoxy) is 1. The zero-order chi connectivity index (χ0) is 13.8. The summed E-state index contributed by atoms with van der Waals surface area (Å²) in [4.78, 5) is 11.0. The fraction of sp³-hybridized carbons (Fsp3) is 0.222. The topological polar surface area (TPSA) is 84.5 Å². The van der Waals surface area contributed by atoms with Gasteiger partial charge in [-0.2, -0.15) is 8.42 Å². The maximum atomic E-state index is 11.5. The normalized spacial score (nSPS) is 10.8. The van der Waals surface area contributed by atoms with Gasteiger partial charge in [-0.15, -0.1) is 0 Å². The summed E-state index contributed by atoms with van der Waals surface area (Å²) >= 11 is 8.86. The molecule has 0 atom stereocenters. The Labute approximate surface area is 118 Å². The zero-order valence-electron chi connectivity index (χ0n) is 9.24. The molecule has 1 amide bonds. The van der Waals surface area contributed by atoms with Crippen LogP contribution >= 0.6 is 27.5 Å². The van der Waals surface area contributed by atoms with Gasteiger partial charge in [-0.1, -0.05) is 11.6 Å². The SMILES string of the molecule is CCOC(=O)NS(=O)(=O)Nc1ccc(Cl)cc1Br. The van der Waals surface area contributed by atoms with E-state index in [9.17, 15) is 13.2 Å². The molecule has 0 spiro atoms. The molecule has 18 heavy (non-hydrogen) atoms. The number of nitrogens with one attached hydrogen (secondary N) is 2. The van der Waals surface area contributed by atoms with Gasteiger partial charge in [-0.3, -0.25) is 4.72 Å². The summed E-state index contributed by atoms with van der Waals surface area (Å²) in [7, 11) is -4.04. The van der Waals surface area contributed by atoms with Crippen molar-refractivity contribution < 1.29 is 17.9 Å². The van der Waals surface area contributed by atoms with E-state index in [-0.39, 0.29) is 12.3 Å². The van der Waals surface area contributed by atoms with Crippen LogP contribution in [0.15, 0.2) is 22.7 Å². The van der Waals surface area contributed by atoms with E-state index < -0.39 is 16.3 Å². The highest BCUT2D eigenvalue weighted by molar-refractivity contribution is 9.10. The minimum absolute atomic E-state index is 0.0754. The third kappa shape index (κ3) is 4.71. The Morgan fingerprint density at radius 3 is 2.72 bits per heavy atom. The quantitative estimate of drug-likeness (QED) is 0.867. The van der Waals surface area contributed by atoms with Gasteiger partial charge in [0.05, 0.1) is 12.3 Å². The van der Waals surface area contributed by atoms with E-state index in [4.69, 9.17) is 11.6 Å². The number of carbonyl (C=O) groups is 1. The lowest BCUT2D eigenvalue weighted by Crippen LogP contribution is -2.35. The fourth-order valence-corrected chi connectivity index (χ4v) is 2.72. The molecule has 2 N–H and O–H groups in total. The van der Waals surface area contributed by atoms with Crippen molar-refractivity contribution >= 4 is 49.5 Å². The fourth-order valence-electron chi connectivity index (χ4n) is 1.01. The largest absolute Gasteiger partial charge is 0.449 e.